The van der Waals surface area contributed by atoms with E-state index in [-0.39, 0.29) is 19.1 Å². The summed E-state index contributed by atoms with van der Waals surface area (Å²) < 4.78 is 22.8. The first-order chi connectivity index (χ1) is 21.4. The lowest BCUT2D eigenvalue weighted by Crippen LogP contribution is -2.38. The summed E-state index contributed by atoms with van der Waals surface area (Å²) in [6.07, 6.45) is 0. The molecule has 0 atom stereocenters. The maximum Gasteiger partial charge on any atom is 0.265 e. The van der Waals surface area contributed by atoms with Crippen LogP contribution in [0.5, 0.6) is 23.0 Å². The van der Waals surface area contributed by atoms with Crippen molar-refractivity contribution in [3.05, 3.63) is 107 Å². The highest BCUT2D eigenvalue weighted by molar-refractivity contribution is 6.33. The van der Waals surface area contributed by atoms with Crippen LogP contribution in [0.2, 0.25) is 10.0 Å². The molecule has 0 saturated heterocycles. The van der Waals surface area contributed by atoms with Crippen LogP contribution in [-0.4, -0.2) is 37.8 Å². The van der Waals surface area contributed by atoms with Gasteiger partial charge in [0.05, 0.1) is 30.7 Å². The zero-order valence-corrected chi connectivity index (χ0v) is 25.2. The summed E-state index contributed by atoms with van der Waals surface area (Å²) in [5.74, 6) is 2.60. The van der Waals surface area contributed by atoms with E-state index in [1.807, 2.05) is 66.7 Å². The maximum absolute atomic E-state index is 13.1. The summed E-state index contributed by atoms with van der Waals surface area (Å²) in [6.45, 7) is 1.20. The molecule has 0 bridgehead atoms. The van der Waals surface area contributed by atoms with E-state index in [2.05, 4.69) is 6.07 Å². The molecule has 7 nitrogen and oxygen atoms in total. The van der Waals surface area contributed by atoms with Crippen LogP contribution in [0.3, 0.4) is 0 Å². The number of ether oxygens (including phenoxy) is 4. The first-order valence-electron chi connectivity index (χ1n) is 14.0. The highest BCUT2D eigenvalue weighted by Crippen LogP contribution is 2.40. The number of fused-ring (bicyclic) bond motifs is 2. The third-order valence-electron chi connectivity index (χ3n) is 7.62. The summed E-state index contributed by atoms with van der Waals surface area (Å²) in [4.78, 5) is 19.9. The van der Waals surface area contributed by atoms with Crippen molar-refractivity contribution in [2.24, 2.45) is 0 Å². The Balaban J connectivity index is 1.33. The van der Waals surface area contributed by atoms with Gasteiger partial charge in [-0.15, -0.1) is 0 Å². The molecule has 3 heterocycles. The molecule has 220 valence electrons. The number of anilines is 1. The average Bonchev–Trinajstić information content (AvgIpc) is 3.07. The number of benzene rings is 4. The fourth-order valence-electron chi connectivity index (χ4n) is 5.35. The molecule has 4 aromatic carbocycles. The predicted octanol–water partition coefficient (Wildman–Crippen LogP) is 8.09. The Morgan fingerprint density at radius 1 is 0.727 bits per heavy atom. The summed E-state index contributed by atoms with van der Waals surface area (Å²) >= 11 is 12.7. The van der Waals surface area contributed by atoms with Gasteiger partial charge in [-0.2, -0.15) is 0 Å². The SMILES string of the molecule is COc1ccc(-c2cc(-c3ccc4c(c3)OCCO4)nc(-c3ccc4c(c3)N(Cc3cc(Cl)ccc3Cl)C(=O)CO4)c2)cc1. The van der Waals surface area contributed by atoms with E-state index < -0.39 is 0 Å². The van der Waals surface area contributed by atoms with Crippen LogP contribution in [0.25, 0.3) is 33.6 Å². The van der Waals surface area contributed by atoms with Crippen LogP contribution < -0.4 is 23.8 Å². The minimum atomic E-state index is -0.178. The van der Waals surface area contributed by atoms with E-state index in [0.29, 0.717) is 46.2 Å². The Bertz CT molecular complexity index is 1890. The second kappa shape index (κ2) is 11.8. The highest BCUT2D eigenvalue weighted by atomic mass is 35.5. The molecule has 1 aromatic heterocycles. The molecule has 0 spiro atoms. The van der Waals surface area contributed by atoms with Crippen molar-refractivity contribution in [3.8, 4) is 56.6 Å². The number of pyridine rings is 1. The fourth-order valence-corrected chi connectivity index (χ4v) is 5.72. The molecule has 0 radical (unpaired) electrons. The number of amides is 1. The molecule has 7 rings (SSSR count). The van der Waals surface area contributed by atoms with Crippen LogP contribution in [0.1, 0.15) is 5.56 Å². The number of carbonyl (C=O) groups is 1. The smallest absolute Gasteiger partial charge is 0.265 e. The minimum Gasteiger partial charge on any atom is -0.497 e. The summed E-state index contributed by atoms with van der Waals surface area (Å²) in [5, 5.41) is 1.08. The lowest BCUT2D eigenvalue weighted by molar-refractivity contribution is -0.121. The normalized spacial score (nSPS) is 13.7. The van der Waals surface area contributed by atoms with Crippen LogP contribution in [-0.2, 0) is 11.3 Å². The van der Waals surface area contributed by atoms with Crippen molar-refractivity contribution < 1.29 is 23.7 Å². The van der Waals surface area contributed by atoms with Gasteiger partial charge in [-0.1, -0.05) is 35.3 Å². The Hall–Kier alpha value is -4.72. The van der Waals surface area contributed by atoms with Crippen LogP contribution in [0, 0.1) is 0 Å². The van der Waals surface area contributed by atoms with Gasteiger partial charge < -0.3 is 23.8 Å². The van der Waals surface area contributed by atoms with E-state index >= 15 is 0 Å². The topological polar surface area (TPSA) is 70.1 Å². The molecule has 1 amide bonds. The van der Waals surface area contributed by atoms with Crippen molar-refractivity contribution in [3.63, 3.8) is 0 Å². The average molecular weight is 626 g/mol. The third kappa shape index (κ3) is 5.52. The van der Waals surface area contributed by atoms with Gasteiger partial charge in [-0.3, -0.25) is 4.79 Å². The van der Waals surface area contributed by atoms with Crippen LogP contribution in [0.15, 0.2) is 91.0 Å². The van der Waals surface area contributed by atoms with Gasteiger partial charge in [0.2, 0.25) is 0 Å². The summed E-state index contributed by atoms with van der Waals surface area (Å²) in [7, 11) is 1.65. The van der Waals surface area contributed by atoms with Crippen LogP contribution in [0.4, 0.5) is 5.69 Å². The molecule has 2 aliphatic rings. The lowest BCUT2D eigenvalue weighted by atomic mass is 9.99. The summed E-state index contributed by atoms with van der Waals surface area (Å²) in [5.41, 5.74) is 6.54. The van der Waals surface area contributed by atoms with Gasteiger partial charge >= 0.3 is 0 Å². The van der Waals surface area contributed by atoms with E-state index in [1.54, 1.807) is 30.2 Å². The van der Waals surface area contributed by atoms with Gasteiger partial charge in [-0.25, -0.2) is 4.98 Å². The van der Waals surface area contributed by atoms with Gasteiger partial charge in [-0.05, 0) is 95.6 Å². The van der Waals surface area contributed by atoms with Gasteiger partial charge in [0, 0.05) is 21.2 Å². The second-order valence-electron chi connectivity index (χ2n) is 10.4. The maximum atomic E-state index is 13.1. The molecular formula is C35H26Cl2N2O5. The Kier molecular flexibility index (Phi) is 7.50. The molecule has 0 fully saturated rings. The first kappa shape index (κ1) is 28.1. The molecule has 0 saturated carbocycles. The van der Waals surface area contributed by atoms with Crippen molar-refractivity contribution in [2.45, 2.75) is 6.54 Å². The number of hydrogen-bond donors (Lipinski definition) is 0. The largest absolute Gasteiger partial charge is 0.497 e. The second-order valence-corrected chi connectivity index (χ2v) is 11.2. The molecule has 5 aromatic rings. The van der Waals surface area contributed by atoms with Gasteiger partial charge in [0.1, 0.15) is 24.7 Å². The van der Waals surface area contributed by atoms with Crippen molar-refractivity contribution in [2.75, 3.05) is 31.8 Å². The standard InChI is InChI=1S/C35H26Cl2N2O5/c1-41-27-7-2-21(3-8-27)24-15-29(38-30(16-24)23-5-11-33-34(18-23)43-13-12-42-33)22-4-10-32-31(17-22)39(35(40)20-44-32)19-25-14-26(36)6-9-28(25)37/h2-11,14-18H,12-13,19-20H2,1H3. The van der Waals surface area contributed by atoms with Gasteiger partial charge in [0.15, 0.2) is 18.1 Å². The predicted molar refractivity (Wildman–Crippen MR) is 171 cm³/mol. The monoisotopic (exact) mass is 624 g/mol. The molecular weight excluding hydrogens is 599 g/mol. The lowest BCUT2D eigenvalue weighted by Gasteiger charge is -2.30. The molecule has 0 unspecified atom stereocenters. The highest BCUT2D eigenvalue weighted by Gasteiger charge is 2.27. The van der Waals surface area contributed by atoms with E-state index in [0.717, 1.165) is 45.0 Å². The van der Waals surface area contributed by atoms with Crippen molar-refractivity contribution in [1.82, 2.24) is 4.98 Å². The number of carbonyl (C=O) groups excluding carboxylic acids is 1. The number of aromatic nitrogens is 1. The Morgan fingerprint density at radius 3 is 2.16 bits per heavy atom. The molecule has 2 aliphatic heterocycles. The van der Waals surface area contributed by atoms with Crippen molar-refractivity contribution >= 4 is 34.8 Å². The molecule has 0 N–H and O–H groups in total. The zero-order valence-electron chi connectivity index (χ0n) is 23.7. The quantitative estimate of drug-likeness (QED) is 0.190. The number of methoxy groups -OCH3 is 1. The number of hydrogen-bond acceptors (Lipinski definition) is 6. The fraction of sp³-hybridized carbons (Fsp3) is 0.143. The first-order valence-corrected chi connectivity index (χ1v) is 14.8. The van der Waals surface area contributed by atoms with Gasteiger partial charge in [0.25, 0.3) is 5.91 Å². The molecule has 0 aliphatic carbocycles. The van der Waals surface area contributed by atoms with Crippen LogP contribution >= 0.6 is 23.2 Å². The number of rotatable bonds is 6. The van der Waals surface area contributed by atoms with Crippen molar-refractivity contribution in [1.29, 1.82) is 0 Å². The van der Waals surface area contributed by atoms with E-state index in [1.165, 1.54) is 0 Å². The number of halogens is 2. The van der Waals surface area contributed by atoms with E-state index in [4.69, 9.17) is 47.1 Å². The Labute approximate surface area is 264 Å². The summed E-state index contributed by atoms with van der Waals surface area (Å²) in [6, 6.07) is 28.8. The third-order valence-corrected chi connectivity index (χ3v) is 8.22. The zero-order chi connectivity index (χ0) is 30.2. The number of nitrogens with zero attached hydrogens (tertiary/aromatic N) is 2. The van der Waals surface area contributed by atoms with E-state index in [9.17, 15) is 4.79 Å². The molecule has 44 heavy (non-hydrogen) atoms. The minimum absolute atomic E-state index is 0.0655. The molecule has 9 heteroatoms. The Morgan fingerprint density at radius 2 is 1.41 bits per heavy atom.